The Hall–Kier alpha value is -3.32. The van der Waals surface area contributed by atoms with E-state index in [1.807, 2.05) is 30.3 Å². The third kappa shape index (κ3) is 2.49. The van der Waals surface area contributed by atoms with Crippen LogP contribution in [-0.2, 0) is 0 Å². The first-order valence-electron chi connectivity index (χ1n) is 8.91. The van der Waals surface area contributed by atoms with Gasteiger partial charge in [-0.25, -0.2) is 0 Å². The summed E-state index contributed by atoms with van der Waals surface area (Å²) in [5.41, 5.74) is 1.17. The number of hydrogen-bond donors (Lipinski definition) is 0. The van der Waals surface area contributed by atoms with Gasteiger partial charge in [-0.2, -0.15) is 0 Å². The van der Waals surface area contributed by atoms with E-state index in [1.54, 1.807) is 0 Å². The van der Waals surface area contributed by atoms with Gasteiger partial charge in [0.05, 0.1) is 0 Å². The van der Waals surface area contributed by atoms with E-state index in [0.29, 0.717) is 6.61 Å². The van der Waals surface area contributed by atoms with Gasteiger partial charge in [-0.3, -0.25) is 0 Å². The summed E-state index contributed by atoms with van der Waals surface area (Å²) in [4.78, 5) is 0. The zero-order valence-electron chi connectivity index (χ0n) is 14.4. The topological polar surface area (TPSA) is 9.23 Å². The second-order valence-corrected chi connectivity index (χ2v) is 6.54. The van der Waals surface area contributed by atoms with Gasteiger partial charge in [0.1, 0.15) is 12.4 Å². The lowest BCUT2D eigenvalue weighted by Gasteiger charge is -2.10. The summed E-state index contributed by atoms with van der Waals surface area (Å²) in [5, 5.41) is 8.14. The average molecular weight is 334 g/mol. The molecular formula is C25H18O. The quantitative estimate of drug-likeness (QED) is 0.287. The summed E-state index contributed by atoms with van der Waals surface area (Å²) in [6.45, 7) is 0.705. The van der Waals surface area contributed by atoms with E-state index in [4.69, 9.17) is 4.74 Å². The molecule has 124 valence electrons. The van der Waals surface area contributed by atoms with E-state index in [2.05, 4.69) is 66.7 Å². The van der Waals surface area contributed by atoms with Crippen molar-refractivity contribution >= 4 is 38.4 Å². The predicted octanol–water partition coefficient (Wildman–Crippen LogP) is 6.68. The van der Waals surface area contributed by atoms with E-state index >= 15 is 0 Å². The minimum atomic E-state index is 0.705. The summed E-state index contributed by atoms with van der Waals surface area (Å²) in [6.07, 6.45) is 4.10. The molecule has 1 nitrogen and oxygen atoms in total. The molecule has 0 aliphatic carbocycles. The van der Waals surface area contributed by atoms with Gasteiger partial charge in [0.15, 0.2) is 0 Å². The molecule has 0 amide bonds. The normalized spacial score (nSPS) is 12.6. The van der Waals surface area contributed by atoms with Crippen LogP contribution in [0.1, 0.15) is 5.56 Å². The molecule has 0 atom stereocenters. The Bertz CT molecular complexity index is 1100. The minimum Gasteiger partial charge on any atom is -0.489 e. The molecule has 0 fully saturated rings. The highest BCUT2D eigenvalue weighted by Gasteiger charge is 2.06. The molecule has 0 saturated heterocycles. The molecule has 26 heavy (non-hydrogen) atoms. The van der Waals surface area contributed by atoms with Crippen molar-refractivity contribution in [3.63, 3.8) is 0 Å². The van der Waals surface area contributed by atoms with Crippen molar-refractivity contribution in [2.75, 3.05) is 6.61 Å². The highest BCUT2D eigenvalue weighted by atomic mass is 16.5. The first kappa shape index (κ1) is 15.0. The Morgan fingerprint density at radius 2 is 1.08 bits per heavy atom. The van der Waals surface area contributed by atoms with Crippen molar-refractivity contribution in [1.82, 2.24) is 0 Å². The summed E-state index contributed by atoms with van der Waals surface area (Å²) < 4.78 is 5.34. The number of para-hydroxylation sites is 1. The number of rotatable bonds is 0. The monoisotopic (exact) mass is 334 g/mol. The van der Waals surface area contributed by atoms with Gasteiger partial charge in [0.25, 0.3) is 0 Å². The van der Waals surface area contributed by atoms with Crippen molar-refractivity contribution in [2.45, 2.75) is 0 Å². The Labute approximate surface area is 152 Å². The van der Waals surface area contributed by atoms with Crippen molar-refractivity contribution in [3.8, 4) is 5.75 Å². The van der Waals surface area contributed by atoms with E-state index in [0.717, 1.165) is 5.75 Å². The predicted molar refractivity (Wildman–Crippen MR) is 111 cm³/mol. The zero-order valence-corrected chi connectivity index (χ0v) is 14.4. The molecule has 6 rings (SSSR count). The maximum absolute atomic E-state index is 5.34. The second-order valence-electron chi connectivity index (χ2n) is 6.54. The van der Waals surface area contributed by atoms with Crippen LogP contribution in [0.25, 0.3) is 38.4 Å². The first-order valence-corrected chi connectivity index (χ1v) is 8.91. The van der Waals surface area contributed by atoms with Crippen LogP contribution in [0.2, 0.25) is 0 Å². The van der Waals surface area contributed by atoms with E-state index in [1.165, 1.54) is 37.9 Å². The van der Waals surface area contributed by atoms with Crippen molar-refractivity contribution < 1.29 is 4.74 Å². The molecule has 1 aliphatic rings. The molecule has 0 radical (unpaired) electrons. The van der Waals surface area contributed by atoms with Crippen LogP contribution in [-0.4, -0.2) is 6.61 Å². The molecule has 0 aromatic heterocycles. The van der Waals surface area contributed by atoms with Gasteiger partial charge in [0, 0.05) is 5.56 Å². The van der Waals surface area contributed by atoms with Crippen LogP contribution < -0.4 is 4.74 Å². The Morgan fingerprint density at radius 3 is 1.62 bits per heavy atom. The first-order chi connectivity index (χ1) is 12.9. The highest BCUT2D eigenvalue weighted by Crippen LogP contribution is 2.33. The van der Waals surface area contributed by atoms with Crippen LogP contribution in [0.3, 0.4) is 0 Å². The van der Waals surface area contributed by atoms with Gasteiger partial charge in [-0.1, -0.05) is 84.9 Å². The zero-order chi connectivity index (χ0) is 17.3. The van der Waals surface area contributed by atoms with Crippen LogP contribution in [0.5, 0.6) is 5.75 Å². The molecule has 0 bridgehead atoms. The van der Waals surface area contributed by atoms with E-state index in [-0.39, 0.29) is 0 Å². The van der Waals surface area contributed by atoms with E-state index in [9.17, 15) is 0 Å². The van der Waals surface area contributed by atoms with Crippen molar-refractivity contribution in [3.05, 3.63) is 96.6 Å². The molecule has 1 heteroatoms. The van der Waals surface area contributed by atoms with Gasteiger partial charge < -0.3 is 4.74 Å². The van der Waals surface area contributed by atoms with E-state index < -0.39 is 0 Å². The van der Waals surface area contributed by atoms with Gasteiger partial charge in [0.2, 0.25) is 0 Å². The summed E-state index contributed by atoms with van der Waals surface area (Å²) in [5.74, 6) is 0.991. The number of fused-ring (bicyclic) bond motifs is 1. The molecule has 1 aliphatic heterocycles. The van der Waals surface area contributed by atoms with Crippen molar-refractivity contribution in [2.24, 2.45) is 0 Å². The smallest absolute Gasteiger partial charge is 0.126 e. The van der Waals surface area contributed by atoms with Gasteiger partial charge in [-0.05, 0) is 44.5 Å². The number of benzene rings is 5. The fraction of sp³-hybridized carbons (Fsp3) is 0.0400. The lowest BCUT2D eigenvalue weighted by atomic mass is 9.95. The van der Waals surface area contributed by atoms with Crippen LogP contribution in [0.4, 0.5) is 0 Å². The maximum Gasteiger partial charge on any atom is 0.126 e. The van der Waals surface area contributed by atoms with Crippen LogP contribution in [0.15, 0.2) is 91.0 Å². The Kier molecular flexibility index (Phi) is 3.57. The molecule has 0 N–H and O–H groups in total. The molecule has 0 unspecified atom stereocenters. The summed E-state index contributed by atoms with van der Waals surface area (Å²) in [6, 6.07) is 29.9. The summed E-state index contributed by atoms with van der Waals surface area (Å²) >= 11 is 0. The molecule has 1 heterocycles. The lowest BCUT2D eigenvalue weighted by Crippen LogP contribution is -1.98. The summed E-state index contributed by atoms with van der Waals surface area (Å²) in [7, 11) is 0. The third-order valence-corrected chi connectivity index (χ3v) is 4.94. The fourth-order valence-corrected chi connectivity index (χ4v) is 3.73. The highest BCUT2D eigenvalue weighted by molar-refractivity contribution is 6.22. The molecular weight excluding hydrogens is 316 g/mol. The van der Waals surface area contributed by atoms with Gasteiger partial charge in [-0.15, -0.1) is 0 Å². The fourth-order valence-electron chi connectivity index (χ4n) is 3.73. The molecule has 0 spiro atoms. The number of hydrogen-bond acceptors (Lipinski definition) is 1. The Morgan fingerprint density at radius 1 is 0.538 bits per heavy atom. The largest absolute Gasteiger partial charge is 0.489 e. The van der Waals surface area contributed by atoms with Crippen LogP contribution in [0, 0.1) is 0 Å². The number of ether oxygens (including phenoxy) is 1. The minimum absolute atomic E-state index is 0.705. The van der Waals surface area contributed by atoms with Gasteiger partial charge >= 0.3 is 0 Å². The molecule has 5 aromatic rings. The SMILES string of the molecule is C1=Cc2ccccc2OC1.c1cc2ccc3cccc4ccc(c1)c2c34. The Balaban J connectivity index is 0.000000129. The second kappa shape index (κ2) is 6.20. The standard InChI is InChI=1S/C16H10.C9H8O/c1-3-11-7-9-13-5-2-6-14-10-8-12(4-1)15(11)16(13)14;1-2-6-9-8(4-1)5-3-7-10-9/h1-10H;1-6H,7H2. The maximum atomic E-state index is 5.34. The van der Waals surface area contributed by atoms with Crippen LogP contribution >= 0.6 is 0 Å². The average Bonchev–Trinajstić information content (AvgIpc) is 2.73. The third-order valence-electron chi connectivity index (χ3n) is 4.94. The lowest BCUT2D eigenvalue weighted by molar-refractivity contribution is 0.358. The molecule has 5 aromatic carbocycles. The van der Waals surface area contributed by atoms with Crippen molar-refractivity contribution in [1.29, 1.82) is 0 Å². The molecule has 0 saturated carbocycles.